The summed E-state index contributed by atoms with van der Waals surface area (Å²) in [7, 11) is -3.59. The summed E-state index contributed by atoms with van der Waals surface area (Å²) < 4.78 is 22.5. The molecule has 0 saturated carbocycles. The summed E-state index contributed by atoms with van der Waals surface area (Å²) in [5.41, 5.74) is 3.42. The second kappa shape index (κ2) is 6.35. The minimum absolute atomic E-state index is 0.232. The lowest BCUT2D eigenvalue weighted by Gasteiger charge is -2.15. The van der Waals surface area contributed by atoms with E-state index >= 15 is 0 Å². The van der Waals surface area contributed by atoms with Crippen molar-refractivity contribution < 1.29 is 8.42 Å². The van der Waals surface area contributed by atoms with Crippen LogP contribution in [-0.2, 0) is 28.9 Å². The zero-order valence-corrected chi connectivity index (χ0v) is 14.4. The molecule has 0 aliphatic carbocycles. The maximum absolute atomic E-state index is 11.2. The molecule has 1 aliphatic rings. The van der Waals surface area contributed by atoms with Gasteiger partial charge in [-0.3, -0.25) is 5.10 Å². The molecule has 0 atom stereocenters. The summed E-state index contributed by atoms with van der Waals surface area (Å²) in [6.45, 7) is 1.34. The zero-order valence-electron chi connectivity index (χ0n) is 13.6. The van der Waals surface area contributed by atoms with Gasteiger partial charge < -0.3 is 10.2 Å². The van der Waals surface area contributed by atoms with Crippen LogP contribution in [0.2, 0.25) is 0 Å². The molecule has 3 aromatic rings. The van der Waals surface area contributed by atoms with Gasteiger partial charge in [-0.15, -0.1) is 0 Å². The van der Waals surface area contributed by atoms with Crippen LogP contribution in [0, 0.1) is 0 Å². The van der Waals surface area contributed by atoms with E-state index in [1.165, 1.54) is 6.33 Å². The lowest BCUT2D eigenvalue weighted by Crippen LogP contribution is -2.19. The Labute approximate surface area is 149 Å². The van der Waals surface area contributed by atoms with E-state index in [0.717, 1.165) is 11.3 Å². The van der Waals surface area contributed by atoms with Gasteiger partial charge in [0.2, 0.25) is 21.9 Å². The van der Waals surface area contributed by atoms with Crippen molar-refractivity contribution in [3.8, 4) is 0 Å². The van der Waals surface area contributed by atoms with Crippen molar-refractivity contribution in [3.05, 3.63) is 53.6 Å². The molecule has 4 N–H and O–H groups in total. The number of aromatic amines is 1. The lowest BCUT2D eigenvalue weighted by molar-refractivity contribution is 0.597. The van der Waals surface area contributed by atoms with E-state index in [1.54, 1.807) is 30.5 Å². The predicted molar refractivity (Wildman–Crippen MR) is 94.8 cm³/mol. The molecule has 0 amide bonds. The molecule has 0 fully saturated rings. The van der Waals surface area contributed by atoms with Crippen molar-refractivity contribution in [1.29, 1.82) is 0 Å². The molecule has 2 aromatic heterocycles. The normalized spacial score (nSPS) is 13.7. The summed E-state index contributed by atoms with van der Waals surface area (Å²) in [5.74, 6) is 0.689. The van der Waals surface area contributed by atoms with Gasteiger partial charge >= 0.3 is 0 Å². The minimum Gasteiger partial charge on any atom is -0.330 e. The lowest BCUT2D eigenvalue weighted by atomic mass is 10.2. The monoisotopic (exact) mass is 372 g/mol. The van der Waals surface area contributed by atoms with E-state index in [4.69, 9.17) is 5.14 Å². The van der Waals surface area contributed by atoms with Crippen LogP contribution in [-0.4, -0.2) is 33.6 Å². The molecule has 0 radical (unpaired) electrons. The molecule has 4 rings (SSSR count). The molecule has 134 valence electrons. The highest BCUT2D eigenvalue weighted by atomic mass is 32.2. The highest BCUT2D eigenvalue weighted by molar-refractivity contribution is 7.88. The third-order valence-corrected chi connectivity index (χ3v) is 4.65. The smallest absolute Gasteiger partial charge is 0.231 e. The molecule has 3 heterocycles. The number of rotatable bonds is 5. The number of H-pyrrole nitrogens is 1. The van der Waals surface area contributed by atoms with Gasteiger partial charge in [-0.25, -0.2) is 23.5 Å². The fourth-order valence-corrected chi connectivity index (χ4v) is 3.45. The number of benzene rings is 1. The maximum atomic E-state index is 11.2. The van der Waals surface area contributed by atoms with E-state index in [0.29, 0.717) is 36.2 Å². The average Bonchev–Trinajstić information content (AvgIpc) is 3.15. The molecule has 0 bridgehead atoms. The molecule has 0 saturated heterocycles. The Balaban J connectivity index is 1.51. The van der Waals surface area contributed by atoms with Gasteiger partial charge in [0, 0.05) is 17.8 Å². The van der Waals surface area contributed by atoms with Crippen LogP contribution in [0.4, 0.5) is 17.6 Å². The van der Waals surface area contributed by atoms with E-state index < -0.39 is 10.0 Å². The van der Waals surface area contributed by atoms with Gasteiger partial charge in [-0.2, -0.15) is 10.1 Å². The van der Waals surface area contributed by atoms with Crippen LogP contribution >= 0.6 is 0 Å². The Morgan fingerprint density at radius 1 is 1.27 bits per heavy atom. The quantitative estimate of drug-likeness (QED) is 0.592. The molecule has 1 aliphatic heterocycles. The van der Waals surface area contributed by atoms with E-state index in [1.807, 2.05) is 4.90 Å². The molecular formula is C15H16N8O2S. The molecular weight excluding hydrogens is 356 g/mol. The Hall–Kier alpha value is -3.05. The number of fused-ring (bicyclic) bond motifs is 1. The Morgan fingerprint density at radius 3 is 2.96 bits per heavy atom. The Morgan fingerprint density at radius 2 is 2.15 bits per heavy atom. The number of nitrogens with two attached hydrogens (primary N) is 1. The second-order valence-corrected chi connectivity index (χ2v) is 7.59. The SMILES string of the molecule is NS(=O)(=O)Cc1cccc(Nc2ncnc(N3Cc4cn[nH]c4C3)n2)c1. The first-order valence-corrected chi connectivity index (χ1v) is 9.49. The first-order chi connectivity index (χ1) is 12.5. The van der Waals surface area contributed by atoms with Gasteiger partial charge in [0.1, 0.15) is 6.33 Å². The summed E-state index contributed by atoms with van der Waals surface area (Å²) in [5, 5.41) is 15.1. The third kappa shape index (κ3) is 3.63. The average molecular weight is 372 g/mol. The van der Waals surface area contributed by atoms with Gasteiger partial charge in [0.25, 0.3) is 0 Å². The molecule has 26 heavy (non-hydrogen) atoms. The van der Waals surface area contributed by atoms with Crippen molar-refractivity contribution >= 4 is 27.6 Å². The van der Waals surface area contributed by atoms with Crippen LogP contribution < -0.4 is 15.4 Å². The first kappa shape index (κ1) is 16.4. The zero-order chi connectivity index (χ0) is 18.1. The molecule has 0 spiro atoms. The molecule has 0 unspecified atom stereocenters. The fraction of sp³-hybridized carbons (Fsp3) is 0.200. The van der Waals surface area contributed by atoms with Crippen molar-refractivity contribution in [2.24, 2.45) is 5.14 Å². The number of primary sulfonamides is 1. The summed E-state index contributed by atoms with van der Waals surface area (Å²) in [6, 6.07) is 6.92. The second-order valence-electron chi connectivity index (χ2n) is 5.97. The summed E-state index contributed by atoms with van der Waals surface area (Å²) >= 11 is 0. The van der Waals surface area contributed by atoms with E-state index in [2.05, 4.69) is 30.5 Å². The predicted octanol–water partition coefficient (Wildman–Crippen LogP) is 0.647. The molecule has 10 nitrogen and oxygen atoms in total. The standard InChI is InChI=1S/C15H16N8O2S/c16-26(24,25)8-10-2-1-3-12(4-10)20-14-17-9-18-15(21-14)23-6-11-5-19-22-13(11)7-23/h1-5,9H,6-8H2,(H,19,22)(H2,16,24,25)(H,17,18,20,21). The van der Waals surface area contributed by atoms with Crippen molar-refractivity contribution in [1.82, 2.24) is 25.1 Å². The number of anilines is 3. The summed E-state index contributed by atoms with van der Waals surface area (Å²) in [6.07, 6.45) is 3.23. The van der Waals surface area contributed by atoms with Crippen LogP contribution in [0.15, 0.2) is 36.8 Å². The van der Waals surface area contributed by atoms with Gasteiger partial charge in [0.05, 0.1) is 24.2 Å². The summed E-state index contributed by atoms with van der Waals surface area (Å²) in [4.78, 5) is 14.8. The van der Waals surface area contributed by atoms with Gasteiger partial charge in [-0.05, 0) is 17.7 Å². The Bertz CT molecular complexity index is 1030. The number of aromatic nitrogens is 5. The first-order valence-electron chi connectivity index (χ1n) is 7.78. The molecule has 11 heteroatoms. The van der Waals surface area contributed by atoms with E-state index in [9.17, 15) is 8.42 Å². The van der Waals surface area contributed by atoms with Gasteiger partial charge in [0.15, 0.2) is 0 Å². The number of hydrogen-bond donors (Lipinski definition) is 3. The van der Waals surface area contributed by atoms with Crippen LogP contribution in [0.1, 0.15) is 16.8 Å². The highest BCUT2D eigenvalue weighted by Crippen LogP contribution is 2.24. The maximum Gasteiger partial charge on any atom is 0.231 e. The molecule has 1 aromatic carbocycles. The van der Waals surface area contributed by atoms with Crippen LogP contribution in [0.5, 0.6) is 0 Å². The minimum atomic E-state index is -3.59. The van der Waals surface area contributed by atoms with Crippen molar-refractivity contribution in [2.45, 2.75) is 18.8 Å². The number of hydrogen-bond acceptors (Lipinski definition) is 8. The highest BCUT2D eigenvalue weighted by Gasteiger charge is 2.23. The Kier molecular flexibility index (Phi) is 4.01. The van der Waals surface area contributed by atoms with Gasteiger partial charge in [-0.1, -0.05) is 12.1 Å². The topological polar surface area (TPSA) is 143 Å². The third-order valence-electron chi connectivity index (χ3n) is 3.91. The fourth-order valence-electron chi connectivity index (χ4n) is 2.81. The largest absolute Gasteiger partial charge is 0.330 e. The number of nitrogens with one attached hydrogen (secondary N) is 2. The van der Waals surface area contributed by atoms with Crippen LogP contribution in [0.25, 0.3) is 0 Å². The number of sulfonamides is 1. The van der Waals surface area contributed by atoms with Crippen LogP contribution in [0.3, 0.4) is 0 Å². The van der Waals surface area contributed by atoms with E-state index in [-0.39, 0.29) is 5.75 Å². The van der Waals surface area contributed by atoms with Crippen molar-refractivity contribution in [3.63, 3.8) is 0 Å². The van der Waals surface area contributed by atoms with Crippen molar-refractivity contribution in [2.75, 3.05) is 10.2 Å². The number of nitrogens with zero attached hydrogens (tertiary/aromatic N) is 5.